The average molecular weight is 611 g/mol. The Hall–Kier alpha value is -6.18. The van der Waals surface area contributed by atoms with E-state index in [0.717, 1.165) is 5.56 Å². The summed E-state index contributed by atoms with van der Waals surface area (Å²) in [6.45, 7) is 0. The quantitative estimate of drug-likeness (QED) is 0.177. The lowest BCUT2D eigenvalue weighted by Crippen LogP contribution is -1.92. The van der Waals surface area contributed by atoms with E-state index in [9.17, 15) is 8.22 Å². The van der Waals surface area contributed by atoms with Crippen LogP contribution in [0.1, 0.15) is 16.4 Å². The summed E-state index contributed by atoms with van der Waals surface area (Å²) in [6.07, 6.45) is 0. The van der Waals surface area contributed by atoms with E-state index in [2.05, 4.69) is 0 Å². The highest BCUT2D eigenvalue weighted by atomic mass is 16.3. The van der Waals surface area contributed by atoms with Crippen LogP contribution in [0.2, 0.25) is 0 Å². The molecule has 9 rings (SSSR count). The molecule has 0 N–H and O–H groups in total. The van der Waals surface area contributed by atoms with Gasteiger partial charge >= 0.3 is 0 Å². The lowest BCUT2D eigenvalue weighted by Gasteiger charge is -2.18. The fourth-order valence-corrected chi connectivity index (χ4v) is 6.46. The molecule has 9 aromatic rings. The molecule has 0 radical (unpaired) electrons. The second kappa shape index (κ2) is 11.3. The van der Waals surface area contributed by atoms with E-state index in [-0.39, 0.29) is 66.7 Å². The third-order valence-electron chi connectivity index (χ3n) is 8.46. The van der Waals surface area contributed by atoms with Gasteiger partial charge in [-0.05, 0) is 49.4 Å². The van der Waals surface area contributed by atoms with Crippen LogP contribution in [0.5, 0.6) is 0 Å². The maximum Gasteiger partial charge on any atom is 0.143 e. The summed E-state index contributed by atoms with van der Waals surface area (Å²) in [4.78, 5) is 0. The summed E-state index contributed by atoms with van der Waals surface area (Å²) < 4.78 is 117. The Morgan fingerprint density at radius 1 is 0.340 bits per heavy atom. The third kappa shape index (κ3) is 4.47. The molecule has 0 unspecified atom stereocenters. The highest BCUT2D eigenvalue weighted by molar-refractivity contribution is 6.25. The summed E-state index contributed by atoms with van der Waals surface area (Å²) >= 11 is 0. The monoisotopic (exact) mass is 610 g/mol. The topological polar surface area (TPSA) is 13.1 Å². The molecule has 0 aliphatic rings. The maximum atomic E-state index is 9.56. The van der Waals surface area contributed by atoms with Crippen molar-refractivity contribution in [2.45, 2.75) is 0 Å². The Morgan fingerprint density at radius 2 is 0.809 bits per heavy atom. The Kier molecular flexibility index (Phi) is 4.21. The number of hydrogen-bond acceptors (Lipinski definition) is 1. The van der Waals surface area contributed by atoms with Crippen molar-refractivity contribution in [3.8, 4) is 55.8 Å². The van der Waals surface area contributed by atoms with Crippen LogP contribution in [0.15, 0.2) is 186 Å². The van der Waals surface area contributed by atoms with Gasteiger partial charge in [-0.1, -0.05) is 182 Å². The number of furan rings is 1. The lowest BCUT2D eigenvalue weighted by molar-refractivity contribution is 0.634. The highest BCUT2D eigenvalue weighted by Gasteiger charge is 2.26. The molecule has 1 heteroatoms. The van der Waals surface area contributed by atoms with Gasteiger partial charge in [0, 0.05) is 27.6 Å². The van der Waals surface area contributed by atoms with Crippen molar-refractivity contribution in [3.63, 3.8) is 0 Å². The first-order valence-electron chi connectivity index (χ1n) is 21.1. The van der Waals surface area contributed by atoms with Crippen molar-refractivity contribution >= 4 is 32.5 Å². The van der Waals surface area contributed by atoms with Crippen LogP contribution < -0.4 is 0 Å². The molecule has 0 atom stereocenters. The molecular formula is C46H30O. The molecule has 0 amide bonds. The van der Waals surface area contributed by atoms with Crippen molar-refractivity contribution < 1.29 is 20.9 Å². The minimum Gasteiger partial charge on any atom is -0.455 e. The van der Waals surface area contributed by atoms with Crippen molar-refractivity contribution in [1.82, 2.24) is 0 Å². The van der Waals surface area contributed by atoms with E-state index in [1.165, 1.54) is 0 Å². The summed E-state index contributed by atoms with van der Waals surface area (Å²) in [5.74, 6) is -0.0795. The van der Waals surface area contributed by atoms with Crippen molar-refractivity contribution in [2.75, 3.05) is 0 Å². The fraction of sp³-hybridized carbons (Fsp3) is 0. The third-order valence-corrected chi connectivity index (χ3v) is 8.46. The average Bonchev–Trinajstić information content (AvgIpc) is 3.65. The molecule has 1 aromatic heterocycles. The summed E-state index contributed by atoms with van der Waals surface area (Å²) in [6, 6.07) is 26.2. The first kappa shape index (κ1) is 17.5. The summed E-state index contributed by atoms with van der Waals surface area (Å²) in [5, 5.41) is 0.287. The molecule has 1 heterocycles. The van der Waals surface area contributed by atoms with Crippen LogP contribution in [0.25, 0.3) is 88.3 Å². The van der Waals surface area contributed by atoms with Crippen molar-refractivity contribution in [2.24, 2.45) is 0 Å². The van der Waals surface area contributed by atoms with Crippen molar-refractivity contribution in [3.05, 3.63) is 182 Å². The highest BCUT2D eigenvalue weighted by Crippen LogP contribution is 2.51. The molecule has 0 bridgehead atoms. The molecular weight excluding hydrogens is 569 g/mol. The van der Waals surface area contributed by atoms with Gasteiger partial charge in [0.2, 0.25) is 0 Å². The van der Waals surface area contributed by atoms with E-state index in [0.29, 0.717) is 22.1 Å². The van der Waals surface area contributed by atoms with Crippen molar-refractivity contribution in [1.29, 1.82) is 0 Å². The van der Waals surface area contributed by atoms with Gasteiger partial charge in [-0.15, -0.1) is 0 Å². The maximum absolute atomic E-state index is 9.56. The molecule has 0 saturated heterocycles. The molecule has 0 spiro atoms. The van der Waals surface area contributed by atoms with E-state index < -0.39 is 66.5 Å². The largest absolute Gasteiger partial charge is 0.455 e. The van der Waals surface area contributed by atoms with Gasteiger partial charge in [-0.2, -0.15) is 0 Å². The Morgan fingerprint density at radius 3 is 1.38 bits per heavy atom. The zero-order valence-corrected chi connectivity index (χ0v) is 24.8. The van der Waals surface area contributed by atoms with Gasteiger partial charge < -0.3 is 4.42 Å². The fourth-order valence-electron chi connectivity index (χ4n) is 6.46. The van der Waals surface area contributed by atoms with Gasteiger partial charge in [0.05, 0.1) is 16.4 Å². The van der Waals surface area contributed by atoms with E-state index in [1.54, 1.807) is 72.8 Å². The molecule has 0 aliphatic carbocycles. The Labute approximate surface area is 290 Å². The first-order chi connectivity index (χ1) is 28.3. The summed E-state index contributed by atoms with van der Waals surface area (Å²) in [7, 11) is 0. The minimum absolute atomic E-state index is 0.000865. The molecule has 8 aromatic carbocycles. The van der Waals surface area contributed by atoms with E-state index in [4.69, 9.17) is 12.6 Å². The van der Waals surface area contributed by atoms with Gasteiger partial charge in [-0.3, -0.25) is 0 Å². The predicted octanol–water partition coefficient (Wildman–Crippen LogP) is 13.1. The SMILES string of the molecule is [2H]c1c([2H])c([2H])c(-c2oc3c(-c4ccccc4)cccc3c2-c2c3c([2H])c([2H])c([2H])c([2H])c3c(-c3ccccc3)c3c([2H])c([2H])c([2H])c([2H])c23)c(-c2ccccc2)c1[2H]. The zero-order valence-electron chi connectivity index (χ0n) is 36.8. The van der Waals surface area contributed by atoms with E-state index in [1.807, 2.05) is 36.4 Å². The second-order valence-corrected chi connectivity index (χ2v) is 11.1. The van der Waals surface area contributed by atoms with Crippen LogP contribution in [-0.2, 0) is 0 Å². The molecule has 220 valence electrons. The molecule has 1 nitrogen and oxygen atoms in total. The normalized spacial score (nSPS) is 15.0. The Balaban J connectivity index is 1.64. The molecule has 0 aliphatic heterocycles. The molecule has 0 saturated carbocycles. The van der Waals surface area contributed by atoms with Crippen LogP contribution in [0, 0.1) is 0 Å². The lowest BCUT2D eigenvalue weighted by atomic mass is 9.84. The van der Waals surface area contributed by atoms with Gasteiger partial charge in [0.15, 0.2) is 0 Å². The number of benzene rings is 8. The Bertz CT molecular complexity index is 3140. The first-order valence-corrected chi connectivity index (χ1v) is 15.1. The van der Waals surface area contributed by atoms with Gasteiger partial charge in [-0.25, -0.2) is 0 Å². The van der Waals surface area contributed by atoms with Crippen LogP contribution in [0.4, 0.5) is 0 Å². The molecule has 47 heavy (non-hydrogen) atoms. The molecule has 0 fully saturated rings. The second-order valence-electron chi connectivity index (χ2n) is 11.1. The van der Waals surface area contributed by atoms with Crippen LogP contribution in [-0.4, -0.2) is 0 Å². The van der Waals surface area contributed by atoms with Gasteiger partial charge in [0.1, 0.15) is 11.3 Å². The van der Waals surface area contributed by atoms with Crippen LogP contribution >= 0.6 is 0 Å². The minimum atomic E-state index is -0.575. The van der Waals surface area contributed by atoms with Gasteiger partial charge in [0.25, 0.3) is 0 Å². The number of fused-ring (bicyclic) bond motifs is 3. The number of hydrogen-bond donors (Lipinski definition) is 0. The number of rotatable bonds is 5. The van der Waals surface area contributed by atoms with E-state index >= 15 is 0 Å². The zero-order chi connectivity index (χ0) is 41.6. The number of para-hydroxylation sites is 1. The standard InChI is InChI=1S/C46H30O/c1-4-17-31(18-5-1)34-23-10-15-28-40(34)46-44(41-30-16-29-35(45(41)47-46)32-19-6-2-7-20-32)43-38-26-13-11-24-36(38)42(33-21-8-3-9-22-33)37-25-12-14-27-39(37)43/h1-30H/i10D,11D,12D,13D,14D,15D,23D,24D,25D,26D,27D,28D. The summed E-state index contributed by atoms with van der Waals surface area (Å²) in [5.41, 5.74) is 2.92. The smallest absolute Gasteiger partial charge is 0.143 e. The predicted molar refractivity (Wildman–Crippen MR) is 198 cm³/mol. The van der Waals surface area contributed by atoms with Crippen LogP contribution in [0.3, 0.4) is 0 Å².